The van der Waals surface area contributed by atoms with E-state index in [-0.39, 0.29) is 5.91 Å². The van der Waals surface area contributed by atoms with Crippen molar-refractivity contribution in [3.63, 3.8) is 0 Å². The predicted molar refractivity (Wildman–Crippen MR) is 71.8 cm³/mol. The lowest BCUT2D eigenvalue weighted by Gasteiger charge is -2.08. The van der Waals surface area contributed by atoms with Gasteiger partial charge in [-0.15, -0.1) is 0 Å². The number of carbonyl (C=O) groups is 1. The average molecular weight is 251 g/mol. The van der Waals surface area contributed by atoms with Crippen molar-refractivity contribution >= 4 is 11.6 Å². The number of aromatic nitrogens is 2. The number of hydrogen-bond donors (Lipinski definition) is 1. The maximum Gasteiger partial charge on any atom is 0.228 e. The molecule has 2 aromatic rings. The van der Waals surface area contributed by atoms with E-state index in [0.29, 0.717) is 12.3 Å². The summed E-state index contributed by atoms with van der Waals surface area (Å²) in [6.07, 6.45) is 4.52. The van der Waals surface area contributed by atoms with Crippen LogP contribution in [0.1, 0.15) is 30.1 Å². The summed E-state index contributed by atoms with van der Waals surface area (Å²) in [5.74, 6) is 1.43. The Morgan fingerprint density at radius 2 is 2.05 bits per heavy atom. The summed E-state index contributed by atoms with van der Waals surface area (Å²) in [7, 11) is 0. The molecule has 1 saturated carbocycles. The van der Waals surface area contributed by atoms with Crippen LogP contribution in [0.25, 0.3) is 11.3 Å². The van der Waals surface area contributed by atoms with Gasteiger partial charge in [-0.1, -0.05) is 18.2 Å². The summed E-state index contributed by atoms with van der Waals surface area (Å²) in [6.45, 7) is 0. The van der Waals surface area contributed by atoms with Crippen molar-refractivity contribution in [1.29, 1.82) is 0 Å². The van der Waals surface area contributed by atoms with E-state index < -0.39 is 0 Å². The lowest BCUT2D eigenvalue weighted by atomic mass is 10.0. The summed E-state index contributed by atoms with van der Waals surface area (Å²) in [4.78, 5) is 21.0. The van der Waals surface area contributed by atoms with Crippen molar-refractivity contribution in [2.45, 2.75) is 25.2 Å². The molecule has 2 heterocycles. The standard InChI is InChI=1S/C15H13N3O/c19-13-7-10-8-16-15(9-5-6-9)18-14(10)11-3-1-2-4-12(11)17-13/h1-4,8-9H,5-7H2,(H,17,19). The van der Waals surface area contributed by atoms with E-state index in [1.807, 2.05) is 30.5 Å². The number of rotatable bonds is 1. The second kappa shape index (κ2) is 3.88. The summed E-state index contributed by atoms with van der Waals surface area (Å²) < 4.78 is 0. The molecule has 1 aliphatic carbocycles. The molecular formula is C15H13N3O. The quantitative estimate of drug-likeness (QED) is 0.847. The van der Waals surface area contributed by atoms with Crippen LogP contribution in [-0.2, 0) is 11.2 Å². The summed E-state index contributed by atoms with van der Waals surface area (Å²) in [5.41, 5.74) is 3.65. The molecule has 2 aliphatic rings. The van der Waals surface area contributed by atoms with Gasteiger partial charge in [0.15, 0.2) is 0 Å². The molecule has 0 bridgehead atoms. The maximum absolute atomic E-state index is 11.9. The lowest BCUT2D eigenvalue weighted by Crippen LogP contribution is -2.12. The van der Waals surface area contributed by atoms with Crippen molar-refractivity contribution in [3.05, 3.63) is 41.9 Å². The van der Waals surface area contributed by atoms with Gasteiger partial charge in [0.1, 0.15) is 5.82 Å². The van der Waals surface area contributed by atoms with Crippen molar-refractivity contribution in [2.24, 2.45) is 0 Å². The van der Waals surface area contributed by atoms with Crippen LogP contribution in [-0.4, -0.2) is 15.9 Å². The third-order valence-corrected chi connectivity index (χ3v) is 3.63. The molecule has 4 rings (SSSR count). The van der Waals surface area contributed by atoms with Crippen LogP contribution in [0, 0.1) is 0 Å². The molecule has 0 atom stereocenters. The van der Waals surface area contributed by atoms with Gasteiger partial charge in [-0.25, -0.2) is 9.97 Å². The number of amides is 1. The Morgan fingerprint density at radius 3 is 2.89 bits per heavy atom. The molecule has 4 heteroatoms. The normalized spacial score (nSPS) is 17.2. The predicted octanol–water partition coefficient (Wildman–Crippen LogP) is 2.52. The number of carbonyl (C=O) groups excluding carboxylic acids is 1. The van der Waals surface area contributed by atoms with Crippen LogP contribution in [0.4, 0.5) is 5.69 Å². The van der Waals surface area contributed by atoms with E-state index in [1.54, 1.807) is 0 Å². The van der Waals surface area contributed by atoms with Gasteiger partial charge >= 0.3 is 0 Å². The highest BCUT2D eigenvalue weighted by atomic mass is 16.1. The van der Waals surface area contributed by atoms with Crippen LogP contribution < -0.4 is 5.32 Å². The summed E-state index contributed by atoms with van der Waals surface area (Å²) in [5, 5.41) is 2.93. The number of para-hydroxylation sites is 1. The first kappa shape index (κ1) is 10.7. The number of fused-ring (bicyclic) bond motifs is 3. The second-order valence-electron chi connectivity index (χ2n) is 5.15. The minimum Gasteiger partial charge on any atom is -0.325 e. The second-order valence-corrected chi connectivity index (χ2v) is 5.15. The molecule has 1 aliphatic heterocycles. The van der Waals surface area contributed by atoms with Gasteiger partial charge in [0.25, 0.3) is 0 Å². The smallest absolute Gasteiger partial charge is 0.228 e. The van der Waals surface area contributed by atoms with Crippen molar-refractivity contribution in [1.82, 2.24) is 9.97 Å². The lowest BCUT2D eigenvalue weighted by molar-refractivity contribution is -0.115. The van der Waals surface area contributed by atoms with Crippen LogP contribution in [0.2, 0.25) is 0 Å². The molecule has 0 spiro atoms. The van der Waals surface area contributed by atoms with Crippen LogP contribution >= 0.6 is 0 Å². The summed E-state index contributed by atoms with van der Waals surface area (Å²) >= 11 is 0. The Kier molecular flexibility index (Phi) is 2.18. The largest absolute Gasteiger partial charge is 0.325 e. The Morgan fingerprint density at radius 1 is 1.21 bits per heavy atom. The molecule has 1 aromatic carbocycles. The fourth-order valence-corrected chi connectivity index (χ4v) is 2.49. The highest BCUT2D eigenvalue weighted by Gasteiger charge is 2.28. The van der Waals surface area contributed by atoms with E-state index >= 15 is 0 Å². The van der Waals surface area contributed by atoms with Gasteiger partial charge in [-0.3, -0.25) is 4.79 Å². The van der Waals surface area contributed by atoms with Crippen LogP contribution in [0.3, 0.4) is 0 Å². The van der Waals surface area contributed by atoms with Crippen molar-refractivity contribution in [2.75, 3.05) is 5.32 Å². The average Bonchev–Trinajstić information content (AvgIpc) is 3.24. The van der Waals surface area contributed by atoms with Crippen LogP contribution in [0.15, 0.2) is 30.5 Å². The zero-order valence-electron chi connectivity index (χ0n) is 10.4. The zero-order valence-corrected chi connectivity index (χ0v) is 10.4. The molecule has 0 unspecified atom stereocenters. The molecule has 0 saturated heterocycles. The topological polar surface area (TPSA) is 54.9 Å². The first-order chi connectivity index (χ1) is 9.31. The Labute approximate surface area is 110 Å². The SMILES string of the molecule is O=C1Cc2cnc(C3CC3)nc2-c2ccccc2N1. The van der Waals surface area contributed by atoms with Gasteiger partial charge in [0.2, 0.25) is 5.91 Å². The monoisotopic (exact) mass is 251 g/mol. The van der Waals surface area contributed by atoms with E-state index in [0.717, 1.165) is 28.3 Å². The molecule has 1 aromatic heterocycles. The van der Waals surface area contributed by atoms with E-state index in [4.69, 9.17) is 4.98 Å². The molecule has 94 valence electrons. The van der Waals surface area contributed by atoms with E-state index in [2.05, 4.69) is 10.3 Å². The minimum atomic E-state index is -0.00558. The number of nitrogens with zero attached hydrogens (tertiary/aromatic N) is 2. The van der Waals surface area contributed by atoms with Gasteiger partial charge in [0.05, 0.1) is 17.8 Å². The molecule has 1 fully saturated rings. The van der Waals surface area contributed by atoms with Crippen molar-refractivity contribution < 1.29 is 4.79 Å². The molecule has 19 heavy (non-hydrogen) atoms. The highest BCUT2D eigenvalue weighted by Crippen LogP contribution is 2.40. The number of benzene rings is 1. The van der Waals surface area contributed by atoms with Crippen LogP contribution in [0.5, 0.6) is 0 Å². The molecule has 0 radical (unpaired) electrons. The third-order valence-electron chi connectivity index (χ3n) is 3.63. The van der Waals surface area contributed by atoms with Gasteiger partial charge in [-0.05, 0) is 18.9 Å². The first-order valence-corrected chi connectivity index (χ1v) is 6.56. The molecule has 1 amide bonds. The Balaban J connectivity index is 1.94. The highest BCUT2D eigenvalue weighted by molar-refractivity contribution is 5.99. The first-order valence-electron chi connectivity index (χ1n) is 6.56. The van der Waals surface area contributed by atoms with E-state index in [1.165, 1.54) is 12.8 Å². The number of anilines is 1. The molecular weight excluding hydrogens is 238 g/mol. The summed E-state index contributed by atoms with van der Waals surface area (Å²) in [6, 6.07) is 7.82. The van der Waals surface area contributed by atoms with Gasteiger partial charge in [0, 0.05) is 23.2 Å². The number of nitrogens with one attached hydrogen (secondary N) is 1. The zero-order chi connectivity index (χ0) is 12.8. The fraction of sp³-hybridized carbons (Fsp3) is 0.267. The van der Waals surface area contributed by atoms with Crippen molar-refractivity contribution in [3.8, 4) is 11.3 Å². The maximum atomic E-state index is 11.9. The molecule has 4 nitrogen and oxygen atoms in total. The number of hydrogen-bond acceptors (Lipinski definition) is 3. The van der Waals surface area contributed by atoms with Gasteiger partial charge < -0.3 is 5.32 Å². The fourth-order valence-electron chi connectivity index (χ4n) is 2.49. The molecule has 1 N–H and O–H groups in total. The van der Waals surface area contributed by atoms with Gasteiger partial charge in [-0.2, -0.15) is 0 Å². The van der Waals surface area contributed by atoms with E-state index in [9.17, 15) is 4.79 Å². The third kappa shape index (κ3) is 1.80. The Hall–Kier alpha value is -2.23. The Bertz CT molecular complexity index is 677. The minimum absolute atomic E-state index is 0.00558.